The maximum Gasteiger partial charge on any atom is 0.278 e. The van der Waals surface area contributed by atoms with Crippen LogP contribution in [0, 0.1) is 10.9 Å². The molecule has 2 aromatic heterocycles. The van der Waals surface area contributed by atoms with Crippen LogP contribution in [0.1, 0.15) is 19.4 Å². The van der Waals surface area contributed by atoms with Crippen LogP contribution >= 0.6 is 35.3 Å². The predicted octanol–water partition coefficient (Wildman–Crippen LogP) is 5.45. The van der Waals surface area contributed by atoms with Crippen LogP contribution in [0.5, 0.6) is 0 Å². The summed E-state index contributed by atoms with van der Waals surface area (Å²) >= 11 is 8.01. The Labute approximate surface area is 205 Å². The quantitative estimate of drug-likeness (QED) is 0.193. The molecule has 4 aromatic rings. The normalized spacial score (nSPS) is 11.1. The average molecular weight is 497 g/mol. The second kappa shape index (κ2) is 10.0. The number of anilines is 1. The molecule has 0 bridgehead atoms. The monoisotopic (exact) mass is 496 g/mol. The lowest BCUT2D eigenvalue weighted by Crippen LogP contribution is -2.32. The first-order valence-corrected chi connectivity index (χ1v) is 12.9. The fourth-order valence-electron chi connectivity index (χ4n) is 3.66. The first kappa shape index (κ1) is 23.4. The number of aryl methyl sites for hydroxylation is 2. The Morgan fingerprint density at radius 1 is 1.15 bits per heavy atom. The third-order valence-corrected chi connectivity index (χ3v) is 7.59. The number of thiazole rings is 1. The topological polar surface area (TPSA) is 60.1 Å². The highest BCUT2D eigenvalue weighted by atomic mass is 32.2. The number of aromatic nitrogens is 3. The molecule has 1 amide bonds. The molecule has 0 saturated carbocycles. The molecule has 0 saturated heterocycles. The Hall–Kier alpha value is -2.75. The maximum atomic E-state index is 13.5. The second-order valence-electron chi connectivity index (χ2n) is 7.40. The van der Waals surface area contributed by atoms with Crippen LogP contribution in [-0.2, 0) is 11.3 Å². The van der Waals surface area contributed by atoms with Crippen molar-refractivity contribution in [3.8, 4) is 5.69 Å². The van der Waals surface area contributed by atoms with Gasteiger partial charge in [-0.15, -0.1) is 0 Å². The van der Waals surface area contributed by atoms with E-state index in [1.54, 1.807) is 9.47 Å². The molecular weight excluding hydrogens is 472 g/mol. The number of thioether (sulfide) groups is 1. The van der Waals surface area contributed by atoms with Crippen LogP contribution < -0.4 is 10.5 Å². The fourth-order valence-corrected chi connectivity index (χ4v) is 5.93. The second-order valence-corrected chi connectivity index (χ2v) is 9.99. The number of amides is 1. The van der Waals surface area contributed by atoms with Crippen molar-refractivity contribution in [2.75, 3.05) is 17.2 Å². The number of benzene rings is 2. The highest BCUT2D eigenvalue weighted by Crippen LogP contribution is 2.26. The van der Waals surface area contributed by atoms with Crippen LogP contribution in [0.15, 0.2) is 64.5 Å². The zero-order valence-electron chi connectivity index (χ0n) is 18.6. The number of carbonyl (C=O) groups excluding carboxylic acids is 1. The molecule has 0 spiro atoms. The summed E-state index contributed by atoms with van der Waals surface area (Å²) in [6.45, 7) is 7.12. The van der Waals surface area contributed by atoms with Crippen molar-refractivity contribution in [3.05, 3.63) is 74.5 Å². The standard InChI is InChI=1S/C24H24N4O2S3/c1-4-26(18-13-9-10-16(3)14-18)19(29)15-32-23-25-21-20(33-24(31)27(21)5-2)22(30)28(23)17-11-7-6-8-12-17/h6-14H,4-5,15H2,1-3H3. The largest absolute Gasteiger partial charge is 0.312 e. The molecule has 2 heterocycles. The fraction of sp³-hybridized carbons (Fsp3) is 0.250. The number of rotatable bonds is 7. The van der Waals surface area contributed by atoms with Crippen molar-refractivity contribution in [3.63, 3.8) is 0 Å². The van der Waals surface area contributed by atoms with E-state index in [1.807, 2.05) is 79.9 Å². The third-order valence-electron chi connectivity index (χ3n) is 5.24. The summed E-state index contributed by atoms with van der Waals surface area (Å²) in [5, 5.41) is 0.474. The zero-order valence-corrected chi connectivity index (χ0v) is 21.1. The number of para-hydroxylation sites is 1. The van der Waals surface area contributed by atoms with Crippen molar-refractivity contribution in [2.45, 2.75) is 32.5 Å². The van der Waals surface area contributed by atoms with Crippen molar-refractivity contribution < 1.29 is 4.79 Å². The maximum absolute atomic E-state index is 13.5. The lowest BCUT2D eigenvalue weighted by Gasteiger charge is -2.21. The molecule has 0 N–H and O–H groups in total. The molecule has 9 heteroatoms. The Kier molecular flexibility index (Phi) is 7.11. The van der Waals surface area contributed by atoms with Crippen LogP contribution in [0.3, 0.4) is 0 Å². The Balaban J connectivity index is 1.75. The van der Waals surface area contributed by atoms with E-state index in [1.165, 1.54) is 23.1 Å². The molecule has 0 atom stereocenters. The highest BCUT2D eigenvalue weighted by Gasteiger charge is 2.20. The van der Waals surface area contributed by atoms with Gasteiger partial charge >= 0.3 is 0 Å². The summed E-state index contributed by atoms with van der Waals surface area (Å²) < 4.78 is 4.58. The van der Waals surface area contributed by atoms with Gasteiger partial charge in [-0.1, -0.05) is 53.4 Å². The lowest BCUT2D eigenvalue weighted by atomic mass is 10.2. The molecule has 4 rings (SSSR count). The number of carbonyl (C=O) groups is 1. The number of hydrogen-bond acceptors (Lipinski definition) is 6. The summed E-state index contributed by atoms with van der Waals surface area (Å²) in [6.07, 6.45) is 0. The summed E-state index contributed by atoms with van der Waals surface area (Å²) in [5.41, 5.74) is 3.07. The van der Waals surface area contributed by atoms with E-state index in [-0.39, 0.29) is 17.2 Å². The van der Waals surface area contributed by atoms with E-state index in [9.17, 15) is 9.59 Å². The van der Waals surface area contributed by atoms with Gasteiger partial charge in [-0.3, -0.25) is 14.2 Å². The Morgan fingerprint density at radius 3 is 2.58 bits per heavy atom. The first-order valence-electron chi connectivity index (χ1n) is 10.7. The molecule has 0 fully saturated rings. The van der Waals surface area contributed by atoms with Crippen molar-refractivity contribution in [2.24, 2.45) is 0 Å². The molecule has 170 valence electrons. The van der Waals surface area contributed by atoms with Crippen LogP contribution in [0.4, 0.5) is 5.69 Å². The Bertz CT molecular complexity index is 1420. The van der Waals surface area contributed by atoms with E-state index in [2.05, 4.69) is 0 Å². The summed E-state index contributed by atoms with van der Waals surface area (Å²) in [7, 11) is 0. The molecule has 2 aromatic carbocycles. The van der Waals surface area contributed by atoms with Crippen molar-refractivity contribution in [1.29, 1.82) is 0 Å². The lowest BCUT2D eigenvalue weighted by molar-refractivity contribution is -0.116. The minimum Gasteiger partial charge on any atom is -0.312 e. The molecule has 0 unspecified atom stereocenters. The molecule has 0 radical (unpaired) electrons. The predicted molar refractivity (Wildman–Crippen MR) is 140 cm³/mol. The van der Waals surface area contributed by atoms with Gasteiger partial charge in [0.2, 0.25) is 5.91 Å². The van der Waals surface area contributed by atoms with E-state index in [4.69, 9.17) is 17.2 Å². The minimum absolute atomic E-state index is 0.0419. The summed E-state index contributed by atoms with van der Waals surface area (Å²) in [4.78, 5) is 33.2. The molecule has 6 nitrogen and oxygen atoms in total. The average Bonchev–Trinajstić information content (AvgIpc) is 3.14. The van der Waals surface area contributed by atoms with E-state index >= 15 is 0 Å². The van der Waals surface area contributed by atoms with Gasteiger partial charge in [0.25, 0.3) is 5.56 Å². The van der Waals surface area contributed by atoms with Gasteiger partial charge in [0.15, 0.2) is 14.8 Å². The molecule has 0 aliphatic carbocycles. The summed E-state index contributed by atoms with van der Waals surface area (Å²) in [6, 6.07) is 17.3. The SMILES string of the molecule is CCN(C(=O)CSc1nc2c(sc(=S)n2CC)c(=O)n1-c1ccccc1)c1cccc(C)c1. The van der Waals surface area contributed by atoms with E-state index in [0.717, 1.165) is 11.3 Å². The van der Waals surface area contributed by atoms with Gasteiger partial charge in [-0.2, -0.15) is 0 Å². The van der Waals surface area contributed by atoms with Crippen molar-refractivity contribution >= 4 is 57.3 Å². The van der Waals surface area contributed by atoms with Crippen molar-refractivity contribution in [1.82, 2.24) is 14.1 Å². The van der Waals surface area contributed by atoms with Gasteiger partial charge in [-0.05, 0) is 62.8 Å². The molecule has 0 aliphatic rings. The van der Waals surface area contributed by atoms with Crippen LogP contribution in [-0.4, -0.2) is 32.3 Å². The zero-order chi connectivity index (χ0) is 23.5. The molecule has 33 heavy (non-hydrogen) atoms. The smallest absolute Gasteiger partial charge is 0.278 e. The van der Waals surface area contributed by atoms with Gasteiger partial charge in [0, 0.05) is 18.8 Å². The molecule has 0 aliphatic heterocycles. The number of fused-ring (bicyclic) bond motifs is 1. The Morgan fingerprint density at radius 2 is 1.91 bits per heavy atom. The van der Waals surface area contributed by atoms with Crippen LogP contribution in [0.25, 0.3) is 16.0 Å². The van der Waals surface area contributed by atoms with Gasteiger partial charge in [-0.25, -0.2) is 4.98 Å². The van der Waals surface area contributed by atoms with E-state index in [0.29, 0.717) is 38.2 Å². The van der Waals surface area contributed by atoms with Crippen LogP contribution in [0.2, 0.25) is 0 Å². The number of hydrogen-bond donors (Lipinski definition) is 0. The van der Waals surface area contributed by atoms with Gasteiger partial charge in [0.05, 0.1) is 11.4 Å². The minimum atomic E-state index is -0.171. The van der Waals surface area contributed by atoms with Gasteiger partial charge < -0.3 is 9.47 Å². The van der Waals surface area contributed by atoms with E-state index < -0.39 is 0 Å². The van der Waals surface area contributed by atoms with Gasteiger partial charge in [0.1, 0.15) is 4.70 Å². The molecular formula is C24H24N4O2S3. The number of nitrogens with zero attached hydrogens (tertiary/aromatic N) is 4. The summed E-state index contributed by atoms with van der Waals surface area (Å²) in [5.74, 6) is 0.114. The first-order chi connectivity index (χ1) is 15.9. The highest BCUT2D eigenvalue weighted by molar-refractivity contribution is 7.99. The third kappa shape index (κ3) is 4.66.